The molecule has 0 heterocycles. The Labute approximate surface area is 98.4 Å². The third kappa shape index (κ3) is 2.66. The number of rotatable bonds is 2. The molecule has 13 heavy (non-hydrogen) atoms. The fraction of sp³-hybridized carbons (Fsp3) is 0. The molecule has 1 aromatic carbocycles. The van der Waals surface area contributed by atoms with Crippen molar-refractivity contribution in [2.45, 2.75) is 4.90 Å². The third-order valence-electron chi connectivity index (χ3n) is 1.29. The SMILES string of the molecule is O=S(=O)(c1ccc(Cl)cc1)N(Br)Br. The lowest BCUT2D eigenvalue weighted by molar-refractivity contribution is 0.585. The second-order valence-corrected chi connectivity index (χ2v) is 7.66. The lowest BCUT2D eigenvalue weighted by Gasteiger charge is -2.06. The van der Waals surface area contributed by atoms with E-state index in [0.717, 1.165) is 2.36 Å². The van der Waals surface area contributed by atoms with Crippen molar-refractivity contribution >= 4 is 53.9 Å². The van der Waals surface area contributed by atoms with E-state index in [9.17, 15) is 8.42 Å². The lowest BCUT2D eigenvalue weighted by atomic mass is 10.4. The van der Waals surface area contributed by atoms with Gasteiger partial charge in [0.05, 0.1) is 4.90 Å². The average Bonchev–Trinajstić information content (AvgIpc) is 2.04. The number of halogens is 3. The molecule has 0 saturated carbocycles. The van der Waals surface area contributed by atoms with Gasteiger partial charge in [-0.15, -0.1) is 0 Å². The number of hydrogen-bond acceptors (Lipinski definition) is 2. The summed E-state index contributed by atoms with van der Waals surface area (Å²) < 4.78 is 23.7. The summed E-state index contributed by atoms with van der Waals surface area (Å²) in [4.78, 5) is 0.158. The first-order chi connectivity index (χ1) is 5.94. The van der Waals surface area contributed by atoms with Crippen LogP contribution in [0, 0.1) is 0 Å². The lowest BCUT2D eigenvalue weighted by Crippen LogP contribution is -2.10. The molecule has 7 heteroatoms. The van der Waals surface area contributed by atoms with Crippen molar-refractivity contribution in [3.05, 3.63) is 29.3 Å². The van der Waals surface area contributed by atoms with E-state index in [4.69, 9.17) is 11.6 Å². The van der Waals surface area contributed by atoms with Gasteiger partial charge in [0.2, 0.25) is 0 Å². The second kappa shape index (κ2) is 4.27. The molecule has 1 rings (SSSR count). The highest BCUT2D eigenvalue weighted by atomic mass is 79.9. The van der Waals surface area contributed by atoms with E-state index in [1.165, 1.54) is 24.3 Å². The minimum Gasteiger partial charge on any atom is -0.205 e. The first kappa shape index (κ1) is 11.5. The number of hydrogen-bond donors (Lipinski definition) is 0. The van der Waals surface area contributed by atoms with E-state index in [2.05, 4.69) is 32.3 Å². The van der Waals surface area contributed by atoms with Gasteiger partial charge < -0.3 is 0 Å². The normalized spacial score (nSPS) is 12.0. The summed E-state index contributed by atoms with van der Waals surface area (Å²) in [6.07, 6.45) is 0. The number of nitrogens with zero attached hydrogens (tertiary/aromatic N) is 1. The second-order valence-electron chi connectivity index (χ2n) is 2.13. The molecule has 72 valence electrons. The Morgan fingerprint density at radius 3 is 2.00 bits per heavy atom. The van der Waals surface area contributed by atoms with Gasteiger partial charge in [-0.2, -0.15) is 0 Å². The maximum Gasteiger partial charge on any atom is 0.262 e. The van der Waals surface area contributed by atoms with Crippen LogP contribution in [0.25, 0.3) is 0 Å². The third-order valence-corrected chi connectivity index (χ3v) is 5.06. The molecule has 0 unspecified atom stereocenters. The molecule has 0 saturated heterocycles. The molecule has 0 N–H and O–H groups in total. The van der Waals surface area contributed by atoms with Crippen molar-refractivity contribution in [3.8, 4) is 0 Å². The topological polar surface area (TPSA) is 37.4 Å². The van der Waals surface area contributed by atoms with Crippen LogP contribution in [-0.2, 0) is 10.0 Å². The summed E-state index contributed by atoms with van der Waals surface area (Å²) in [6, 6.07) is 5.87. The van der Waals surface area contributed by atoms with Crippen molar-refractivity contribution in [1.82, 2.24) is 2.36 Å². The van der Waals surface area contributed by atoms with Crippen LogP contribution < -0.4 is 0 Å². The van der Waals surface area contributed by atoms with Gasteiger partial charge in [0.15, 0.2) is 0 Å². The van der Waals surface area contributed by atoms with Crippen molar-refractivity contribution in [2.24, 2.45) is 0 Å². The minimum absolute atomic E-state index is 0.158. The maximum atomic E-state index is 11.4. The van der Waals surface area contributed by atoms with Crippen molar-refractivity contribution in [2.75, 3.05) is 0 Å². The van der Waals surface area contributed by atoms with Crippen LogP contribution in [0.1, 0.15) is 0 Å². The summed E-state index contributed by atoms with van der Waals surface area (Å²) in [7, 11) is -3.49. The van der Waals surface area contributed by atoms with Crippen molar-refractivity contribution in [1.29, 1.82) is 0 Å². The highest BCUT2D eigenvalue weighted by Gasteiger charge is 2.19. The zero-order valence-electron chi connectivity index (χ0n) is 6.12. The molecule has 0 spiro atoms. The Morgan fingerprint density at radius 1 is 1.15 bits per heavy atom. The first-order valence-electron chi connectivity index (χ1n) is 3.07. The van der Waals surface area contributed by atoms with Crippen LogP contribution in [0.3, 0.4) is 0 Å². The van der Waals surface area contributed by atoms with Gasteiger partial charge in [0.25, 0.3) is 10.0 Å². The van der Waals surface area contributed by atoms with Crippen LogP contribution in [0.2, 0.25) is 5.02 Å². The zero-order valence-corrected chi connectivity index (χ0v) is 10.9. The van der Waals surface area contributed by atoms with Gasteiger partial charge >= 0.3 is 0 Å². The van der Waals surface area contributed by atoms with Crippen LogP contribution in [0.5, 0.6) is 0 Å². The van der Waals surface area contributed by atoms with Gasteiger partial charge in [-0.1, -0.05) is 14.0 Å². The predicted molar refractivity (Wildman–Crippen MR) is 58.3 cm³/mol. The molecule has 0 aromatic heterocycles. The summed E-state index contributed by atoms with van der Waals surface area (Å²) in [5, 5.41) is 0.495. The quantitative estimate of drug-likeness (QED) is 0.770. The summed E-state index contributed by atoms with van der Waals surface area (Å²) >= 11 is 11.2. The Bertz CT molecular complexity index is 390. The Morgan fingerprint density at radius 2 is 1.62 bits per heavy atom. The van der Waals surface area contributed by atoms with Crippen LogP contribution in [0.4, 0.5) is 0 Å². The van der Waals surface area contributed by atoms with E-state index < -0.39 is 10.0 Å². The van der Waals surface area contributed by atoms with Gasteiger partial charge in [0.1, 0.15) is 0 Å². The van der Waals surface area contributed by atoms with Crippen LogP contribution in [-0.4, -0.2) is 10.8 Å². The molecule has 0 aliphatic heterocycles. The maximum absolute atomic E-state index is 11.4. The molecule has 0 aliphatic carbocycles. The molecular weight excluding hydrogens is 345 g/mol. The monoisotopic (exact) mass is 347 g/mol. The molecule has 0 atom stereocenters. The molecule has 0 fully saturated rings. The highest BCUT2D eigenvalue weighted by Crippen LogP contribution is 2.23. The van der Waals surface area contributed by atoms with Crippen molar-refractivity contribution in [3.63, 3.8) is 0 Å². The molecule has 0 amide bonds. The fourth-order valence-electron chi connectivity index (χ4n) is 0.686. The summed E-state index contributed by atoms with van der Waals surface area (Å²) in [5.41, 5.74) is 0. The van der Waals surface area contributed by atoms with Gasteiger partial charge in [0, 0.05) is 37.3 Å². The van der Waals surface area contributed by atoms with E-state index in [1.807, 2.05) is 0 Å². The van der Waals surface area contributed by atoms with E-state index >= 15 is 0 Å². The largest absolute Gasteiger partial charge is 0.262 e. The summed E-state index contributed by atoms with van der Waals surface area (Å²) in [6.45, 7) is 0. The van der Waals surface area contributed by atoms with Gasteiger partial charge in [-0.3, -0.25) is 0 Å². The van der Waals surface area contributed by atoms with E-state index in [-0.39, 0.29) is 4.90 Å². The fourth-order valence-corrected chi connectivity index (χ4v) is 2.45. The first-order valence-corrected chi connectivity index (χ1v) is 6.31. The Kier molecular flexibility index (Phi) is 3.76. The molecule has 0 aliphatic rings. The number of benzene rings is 1. The molecule has 0 radical (unpaired) electrons. The Hall–Kier alpha value is 0.380. The molecule has 0 bridgehead atoms. The summed E-state index contributed by atoms with van der Waals surface area (Å²) in [5.74, 6) is 0. The van der Waals surface area contributed by atoms with Gasteiger partial charge in [-0.25, -0.2) is 8.42 Å². The molecular formula is C6H4Br2ClNO2S. The van der Waals surface area contributed by atoms with E-state index in [1.54, 1.807) is 0 Å². The number of sulfonamides is 1. The van der Waals surface area contributed by atoms with E-state index in [0.29, 0.717) is 5.02 Å². The standard InChI is InChI=1S/C6H4Br2ClNO2S/c7-10(8)13(11,12)6-3-1-5(9)2-4-6/h1-4H. The highest BCUT2D eigenvalue weighted by molar-refractivity contribution is 9.22. The predicted octanol–water partition coefficient (Wildman–Crippen LogP) is 2.95. The molecule has 3 nitrogen and oxygen atoms in total. The van der Waals surface area contributed by atoms with Gasteiger partial charge in [-0.05, 0) is 24.3 Å². The Balaban J connectivity index is 3.17. The molecule has 1 aromatic rings. The minimum atomic E-state index is -3.49. The van der Waals surface area contributed by atoms with Crippen LogP contribution >= 0.6 is 43.9 Å². The average molecular weight is 349 g/mol. The smallest absolute Gasteiger partial charge is 0.205 e. The van der Waals surface area contributed by atoms with Crippen molar-refractivity contribution < 1.29 is 8.42 Å². The van der Waals surface area contributed by atoms with Crippen LogP contribution in [0.15, 0.2) is 29.2 Å². The zero-order chi connectivity index (χ0) is 10.1.